The number of nitrogens with zero attached hydrogens (tertiary/aromatic N) is 3. The number of hydrogen-bond acceptors (Lipinski definition) is 5. The maximum atomic E-state index is 13.2. The number of benzene rings is 2. The Morgan fingerprint density at radius 3 is 2.13 bits per heavy atom. The predicted molar refractivity (Wildman–Crippen MR) is 143 cm³/mol. The molecule has 0 aromatic heterocycles. The molecule has 0 atom stereocenters. The summed E-state index contributed by atoms with van der Waals surface area (Å²) in [6.07, 6.45) is 0.302. The first-order valence-corrected chi connectivity index (χ1v) is 13.4. The number of halogens is 3. The highest BCUT2D eigenvalue weighted by molar-refractivity contribution is 5.76. The number of likely N-dealkylation sites (tertiary alicyclic amines) is 2. The van der Waals surface area contributed by atoms with E-state index in [1.807, 2.05) is 4.90 Å². The third-order valence-corrected chi connectivity index (χ3v) is 7.54. The molecule has 9 heteroatoms. The van der Waals surface area contributed by atoms with Gasteiger partial charge in [0.15, 0.2) is 0 Å². The molecule has 0 spiro atoms. The van der Waals surface area contributed by atoms with E-state index in [4.69, 9.17) is 5.26 Å². The van der Waals surface area contributed by atoms with Gasteiger partial charge in [-0.15, -0.1) is 0 Å². The number of nitriles is 1. The Balaban J connectivity index is 1.13. The number of anilines is 2. The summed E-state index contributed by atoms with van der Waals surface area (Å²) in [5.41, 5.74) is 1.46. The molecule has 4 rings (SSSR count). The second-order valence-electron chi connectivity index (χ2n) is 10.4. The first-order chi connectivity index (χ1) is 18.2. The van der Waals surface area contributed by atoms with Crippen LogP contribution in [0.4, 0.5) is 24.5 Å². The number of rotatable bonds is 8. The Morgan fingerprint density at radius 1 is 0.947 bits per heavy atom. The quantitative estimate of drug-likeness (QED) is 0.465. The molecule has 0 radical (unpaired) electrons. The summed E-state index contributed by atoms with van der Waals surface area (Å²) in [6.45, 7) is 6.25. The lowest BCUT2D eigenvalue weighted by molar-refractivity contribution is -0.137. The maximum Gasteiger partial charge on any atom is 0.417 e. The smallest absolute Gasteiger partial charge is 0.382 e. The van der Waals surface area contributed by atoms with E-state index in [9.17, 15) is 18.0 Å². The third-order valence-electron chi connectivity index (χ3n) is 7.54. The summed E-state index contributed by atoms with van der Waals surface area (Å²) in [4.78, 5) is 17.0. The second kappa shape index (κ2) is 12.5. The molecule has 2 aliphatic rings. The van der Waals surface area contributed by atoms with Crippen LogP contribution in [0.15, 0.2) is 42.5 Å². The average molecular weight is 528 g/mol. The zero-order valence-electron chi connectivity index (χ0n) is 21.9. The molecular weight excluding hydrogens is 491 g/mol. The Bertz CT molecular complexity index is 1110. The van der Waals surface area contributed by atoms with Crippen molar-refractivity contribution in [1.29, 1.82) is 5.26 Å². The summed E-state index contributed by atoms with van der Waals surface area (Å²) < 4.78 is 39.7. The highest BCUT2D eigenvalue weighted by Crippen LogP contribution is 2.34. The van der Waals surface area contributed by atoms with E-state index in [-0.39, 0.29) is 17.5 Å². The van der Waals surface area contributed by atoms with Crippen LogP contribution in [-0.2, 0) is 11.0 Å². The zero-order chi connectivity index (χ0) is 27.1. The molecule has 204 valence electrons. The Morgan fingerprint density at radius 2 is 1.53 bits per heavy atom. The summed E-state index contributed by atoms with van der Waals surface area (Å²) in [7, 11) is 0. The fourth-order valence-electron chi connectivity index (χ4n) is 5.27. The number of amides is 1. The van der Waals surface area contributed by atoms with Crippen LogP contribution >= 0.6 is 0 Å². The van der Waals surface area contributed by atoms with Gasteiger partial charge >= 0.3 is 6.18 Å². The van der Waals surface area contributed by atoms with Crippen molar-refractivity contribution in [2.45, 2.75) is 63.7 Å². The van der Waals surface area contributed by atoms with Crippen molar-refractivity contribution in [3.05, 3.63) is 59.2 Å². The summed E-state index contributed by atoms with van der Waals surface area (Å²) in [6, 6.07) is 14.3. The minimum absolute atomic E-state index is 0.0112. The predicted octanol–water partition coefficient (Wildman–Crippen LogP) is 5.65. The van der Waals surface area contributed by atoms with Crippen LogP contribution in [0.2, 0.25) is 0 Å². The van der Waals surface area contributed by atoms with Gasteiger partial charge in [0.1, 0.15) is 0 Å². The fraction of sp³-hybridized carbons (Fsp3) is 0.517. The molecule has 0 saturated carbocycles. The van der Waals surface area contributed by atoms with E-state index in [2.05, 4.69) is 46.7 Å². The van der Waals surface area contributed by atoms with Crippen molar-refractivity contribution in [3.8, 4) is 6.07 Å². The number of alkyl halides is 3. The number of aryl methyl sites for hydroxylation is 1. The van der Waals surface area contributed by atoms with E-state index in [0.29, 0.717) is 44.1 Å². The number of carbonyl (C=O) groups is 1. The van der Waals surface area contributed by atoms with Gasteiger partial charge in [0.25, 0.3) is 0 Å². The molecule has 2 aromatic carbocycles. The van der Waals surface area contributed by atoms with Crippen molar-refractivity contribution >= 4 is 17.3 Å². The van der Waals surface area contributed by atoms with E-state index >= 15 is 0 Å². The number of piperidine rings is 2. The molecule has 2 saturated heterocycles. The molecule has 2 aromatic rings. The van der Waals surface area contributed by atoms with Crippen molar-refractivity contribution in [2.75, 3.05) is 43.4 Å². The Hall–Kier alpha value is -3.25. The van der Waals surface area contributed by atoms with Crippen LogP contribution in [0, 0.1) is 18.3 Å². The molecule has 2 heterocycles. The molecule has 6 nitrogen and oxygen atoms in total. The van der Waals surface area contributed by atoms with Gasteiger partial charge in [-0.2, -0.15) is 18.4 Å². The van der Waals surface area contributed by atoms with Crippen LogP contribution in [0.25, 0.3) is 0 Å². The van der Waals surface area contributed by atoms with E-state index < -0.39 is 11.7 Å². The summed E-state index contributed by atoms with van der Waals surface area (Å²) >= 11 is 0. The molecule has 1 amide bonds. The molecule has 0 unspecified atom stereocenters. The SMILES string of the molecule is Cc1ccc(NC2CCN(CCCC(=O)N3CCC(Nc4ccc(C#N)c(C(F)(F)F)c4)CC3)CC2)cc1. The largest absolute Gasteiger partial charge is 0.417 e. The molecule has 2 N–H and O–H groups in total. The lowest BCUT2D eigenvalue weighted by Crippen LogP contribution is -2.43. The lowest BCUT2D eigenvalue weighted by Gasteiger charge is -2.34. The van der Waals surface area contributed by atoms with Crippen LogP contribution in [0.1, 0.15) is 55.2 Å². The highest BCUT2D eigenvalue weighted by Gasteiger charge is 2.34. The summed E-state index contributed by atoms with van der Waals surface area (Å²) in [5.74, 6) is 0.150. The molecular formula is C29H36F3N5O. The molecule has 2 aliphatic heterocycles. The van der Waals surface area contributed by atoms with E-state index in [1.165, 1.54) is 23.4 Å². The highest BCUT2D eigenvalue weighted by atomic mass is 19.4. The minimum atomic E-state index is -4.58. The van der Waals surface area contributed by atoms with Gasteiger partial charge in [-0.05, 0) is 75.9 Å². The van der Waals surface area contributed by atoms with Crippen molar-refractivity contribution < 1.29 is 18.0 Å². The van der Waals surface area contributed by atoms with Crippen LogP contribution in [-0.4, -0.2) is 60.5 Å². The fourth-order valence-corrected chi connectivity index (χ4v) is 5.27. The molecule has 0 aliphatic carbocycles. The minimum Gasteiger partial charge on any atom is -0.382 e. The monoisotopic (exact) mass is 527 g/mol. The Kier molecular flexibility index (Phi) is 9.16. The van der Waals surface area contributed by atoms with Gasteiger partial charge in [0.05, 0.1) is 17.2 Å². The van der Waals surface area contributed by atoms with Crippen molar-refractivity contribution in [2.24, 2.45) is 0 Å². The van der Waals surface area contributed by atoms with Gasteiger partial charge in [0, 0.05) is 56.1 Å². The summed E-state index contributed by atoms with van der Waals surface area (Å²) in [5, 5.41) is 15.7. The van der Waals surface area contributed by atoms with E-state index in [1.54, 1.807) is 6.07 Å². The van der Waals surface area contributed by atoms with Crippen LogP contribution in [0.3, 0.4) is 0 Å². The van der Waals surface area contributed by atoms with Crippen LogP contribution in [0.5, 0.6) is 0 Å². The standard InChI is InChI=1S/C29H36F3N5O/c1-21-4-7-23(8-5-21)34-24-10-15-36(16-11-24)14-2-3-28(38)37-17-12-25(13-18-37)35-26-9-6-22(20-33)27(19-26)29(30,31)32/h4-9,19,24-25,34-35H,2-3,10-18H2,1H3. The Labute approximate surface area is 222 Å². The first-order valence-electron chi connectivity index (χ1n) is 13.4. The average Bonchev–Trinajstić information content (AvgIpc) is 2.91. The number of carbonyl (C=O) groups excluding carboxylic acids is 1. The second-order valence-corrected chi connectivity index (χ2v) is 10.4. The van der Waals surface area contributed by atoms with Gasteiger partial charge in [-0.1, -0.05) is 17.7 Å². The lowest BCUT2D eigenvalue weighted by atomic mass is 10.0. The first kappa shape index (κ1) is 27.8. The van der Waals surface area contributed by atoms with Gasteiger partial charge in [-0.3, -0.25) is 4.79 Å². The van der Waals surface area contributed by atoms with Gasteiger partial charge in [0.2, 0.25) is 5.91 Å². The third kappa shape index (κ3) is 7.64. The van der Waals surface area contributed by atoms with E-state index in [0.717, 1.165) is 45.0 Å². The normalized spacial score (nSPS) is 17.7. The topological polar surface area (TPSA) is 71.4 Å². The molecule has 38 heavy (non-hydrogen) atoms. The number of hydrogen-bond donors (Lipinski definition) is 2. The van der Waals surface area contributed by atoms with Crippen LogP contribution < -0.4 is 10.6 Å². The van der Waals surface area contributed by atoms with Gasteiger partial charge in [-0.25, -0.2) is 0 Å². The molecule has 0 bridgehead atoms. The van der Waals surface area contributed by atoms with Gasteiger partial charge < -0.3 is 20.4 Å². The van der Waals surface area contributed by atoms with Crippen molar-refractivity contribution in [3.63, 3.8) is 0 Å². The zero-order valence-corrected chi connectivity index (χ0v) is 21.9. The molecule has 2 fully saturated rings. The number of nitrogens with one attached hydrogen (secondary N) is 2. The van der Waals surface area contributed by atoms with Crippen molar-refractivity contribution in [1.82, 2.24) is 9.80 Å². The maximum absolute atomic E-state index is 13.2.